The average molecular weight is 563 g/mol. The van der Waals surface area contributed by atoms with Crippen LogP contribution in [0, 0.1) is 17.0 Å². The largest absolute Gasteiger partial charge is 0.383 e. The third-order valence-corrected chi connectivity index (χ3v) is 6.95. The number of nitrogens with one attached hydrogen (secondary N) is 4. The normalized spacial score (nSPS) is 15.7. The highest BCUT2D eigenvalue weighted by Crippen LogP contribution is 2.28. The number of benzene rings is 2. The lowest BCUT2D eigenvalue weighted by atomic mass is 10.1. The van der Waals surface area contributed by atoms with Gasteiger partial charge in [0.2, 0.25) is 0 Å². The van der Waals surface area contributed by atoms with E-state index in [0.717, 1.165) is 55.8 Å². The van der Waals surface area contributed by atoms with Crippen LogP contribution in [0.25, 0.3) is 0 Å². The Morgan fingerprint density at radius 2 is 1.76 bits per heavy atom. The number of amidine groups is 1. The quantitative estimate of drug-likeness (QED) is 0.216. The Labute approximate surface area is 236 Å². The Kier molecular flexibility index (Phi) is 8.41. The molecular formula is C29H32F2N8O2. The lowest BCUT2D eigenvalue weighted by Crippen LogP contribution is -2.44. The molecule has 1 amide bonds. The Morgan fingerprint density at radius 1 is 1.00 bits per heavy atom. The Morgan fingerprint density at radius 3 is 2.46 bits per heavy atom. The van der Waals surface area contributed by atoms with Gasteiger partial charge in [0, 0.05) is 55.7 Å². The number of carbonyl (C=O) groups is 1. The summed E-state index contributed by atoms with van der Waals surface area (Å²) in [7, 11) is 2.10. The molecule has 1 aromatic heterocycles. The summed E-state index contributed by atoms with van der Waals surface area (Å²) in [6.07, 6.45) is 4.01. The van der Waals surface area contributed by atoms with Gasteiger partial charge >= 0.3 is 0 Å². The minimum absolute atomic E-state index is 0.0161. The van der Waals surface area contributed by atoms with E-state index in [-0.39, 0.29) is 22.9 Å². The third-order valence-electron chi connectivity index (χ3n) is 6.95. The lowest BCUT2D eigenvalue weighted by Gasteiger charge is -2.34. The van der Waals surface area contributed by atoms with Crippen LogP contribution in [-0.4, -0.2) is 68.1 Å². The third kappa shape index (κ3) is 6.97. The summed E-state index contributed by atoms with van der Waals surface area (Å²) >= 11 is 0. The molecular weight excluding hydrogens is 530 g/mol. The maximum absolute atomic E-state index is 13.6. The SMILES string of the molecule is CN1CCN(c2ccc(C(=O)NC(=N)c3cc(Nc4cc(F)cc(F)c4)cnc3N)c(NC3=CCOCC3)c2)CC1. The van der Waals surface area contributed by atoms with Crippen LogP contribution < -0.4 is 26.6 Å². The zero-order valence-electron chi connectivity index (χ0n) is 22.6. The number of nitrogens with two attached hydrogens (primary N) is 1. The fourth-order valence-electron chi connectivity index (χ4n) is 4.69. The minimum Gasteiger partial charge on any atom is -0.383 e. The minimum atomic E-state index is -0.740. The molecule has 0 bridgehead atoms. The average Bonchev–Trinajstić information content (AvgIpc) is 2.94. The summed E-state index contributed by atoms with van der Waals surface area (Å²) < 4.78 is 32.7. The molecule has 41 heavy (non-hydrogen) atoms. The summed E-state index contributed by atoms with van der Waals surface area (Å²) in [5, 5.41) is 17.4. The molecule has 0 unspecified atom stereocenters. The van der Waals surface area contributed by atoms with Crippen molar-refractivity contribution in [2.75, 3.05) is 67.7 Å². The van der Waals surface area contributed by atoms with Gasteiger partial charge in [0.25, 0.3) is 5.91 Å². The maximum atomic E-state index is 13.6. The monoisotopic (exact) mass is 562 g/mol. The molecule has 2 aliphatic rings. The number of rotatable bonds is 7. The van der Waals surface area contributed by atoms with Gasteiger partial charge in [-0.25, -0.2) is 13.8 Å². The Balaban J connectivity index is 1.37. The van der Waals surface area contributed by atoms with Gasteiger partial charge in [-0.05, 0) is 49.5 Å². The maximum Gasteiger partial charge on any atom is 0.258 e. The highest BCUT2D eigenvalue weighted by molar-refractivity contribution is 6.15. The van der Waals surface area contributed by atoms with Gasteiger partial charge in [0.1, 0.15) is 23.3 Å². The molecule has 10 nitrogen and oxygen atoms in total. The first kappa shape index (κ1) is 28.0. The van der Waals surface area contributed by atoms with Crippen LogP contribution in [0.4, 0.5) is 37.3 Å². The van der Waals surface area contributed by atoms with Gasteiger partial charge < -0.3 is 36.2 Å². The van der Waals surface area contributed by atoms with Crippen molar-refractivity contribution >= 4 is 40.3 Å². The number of amides is 1. The van der Waals surface area contributed by atoms with E-state index >= 15 is 0 Å². The standard InChI is InChI=1S/C29H32F2N8O2/c1-38-6-8-39(9-7-38)23-2-3-24(26(16-23)36-20-4-10-41-11-5-20)29(40)37-28(33)25-15-22(17-34-27(25)32)35-21-13-18(30)12-19(31)14-21/h2-4,12-17,35-36H,5-11H2,1H3,(H2,32,34)(H2,33,37,40). The van der Waals surface area contributed by atoms with E-state index in [1.807, 2.05) is 18.2 Å². The van der Waals surface area contributed by atoms with Crippen molar-refractivity contribution < 1.29 is 18.3 Å². The Hall–Kier alpha value is -4.55. The topological polar surface area (TPSA) is 132 Å². The molecule has 1 fully saturated rings. The predicted molar refractivity (Wildman–Crippen MR) is 156 cm³/mol. The van der Waals surface area contributed by atoms with Crippen molar-refractivity contribution in [3.05, 3.63) is 83.2 Å². The van der Waals surface area contributed by atoms with Crippen LogP contribution in [0.5, 0.6) is 0 Å². The molecule has 3 aromatic rings. The number of pyridine rings is 1. The van der Waals surface area contributed by atoms with Crippen LogP contribution >= 0.6 is 0 Å². The van der Waals surface area contributed by atoms with Gasteiger partial charge in [0.15, 0.2) is 0 Å². The van der Waals surface area contributed by atoms with Crippen molar-refractivity contribution in [2.24, 2.45) is 0 Å². The number of aromatic nitrogens is 1. The molecule has 5 rings (SSSR count). The number of ether oxygens (including phenoxy) is 1. The highest BCUT2D eigenvalue weighted by atomic mass is 19.1. The van der Waals surface area contributed by atoms with Gasteiger partial charge in [0.05, 0.1) is 41.9 Å². The first-order valence-electron chi connectivity index (χ1n) is 13.3. The van der Waals surface area contributed by atoms with Gasteiger partial charge in [-0.3, -0.25) is 10.2 Å². The van der Waals surface area contributed by atoms with Gasteiger partial charge in [-0.2, -0.15) is 0 Å². The van der Waals surface area contributed by atoms with E-state index in [4.69, 9.17) is 15.9 Å². The molecule has 12 heteroatoms. The summed E-state index contributed by atoms with van der Waals surface area (Å²) in [5.74, 6) is -2.23. The zero-order chi connectivity index (χ0) is 28.9. The molecule has 0 saturated carbocycles. The van der Waals surface area contributed by atoms with Crippen LogP contribution in [0.1, 0.15) is 22.3 Å². The number of anilines is 5. The van der Waals surface area contributed by atoms with E-state index in [1.165, 1.54) is 12.3 Å². The molecule has 0 radical (unpaired) electrons. The molecule has 0 aliphatic carbocycles. The smallest absolute Gasteiger partial charge is 0.258 e. The second-order valence-electron chi connectivity index (χ2n) is 9.97. The van der Waals surface area contributed by atoms with Crippen LogP contribution in [0.15, 0.2) is 60.4 Å². The van der Waals surface area contributed by atoms with Crippen molar-refractivity contribution in [3.8, 4) is 0 Å². The Bertz CT molecular complexity index is 1470. The fraction of sp³-hybridized carbons (Fsp3) is 0.276. The summed E-state index contributed by atoms with van der Waals surface area (Å²) in [4.78, 5) is 22.1. The number of piperazine rings is 1. The molecule has 6 N–H and O–H groups in total. The van der Waals surface area contributed by atoms with Gasteiger partial charge in [-0.15, -0.1) is 0 Å². The van der Waals surface area contributed by atoms with E-state index in [0.29, 0.717) is 36.6 Å². The first-order chi connectivity index (χ1) is 19.7. The number of hydrogen-bond acceptors (Lipinski definition) is 9. The number of likely N-dealkylation sites (N-methyl/N-ethyl adjacent to an activating group) is 1. The van der Waals surface area contributed by atoms with E-state index in [9.17, 15) is 13.6 Å². The lowest BCUT2D eigenvalue weighted by molar-refractivity contribution is 0.0978. The summed E-state index contributed by atoms with van der Waals surface area (Å²) in [5.41, 5.74) is 9.60. The summed E-state index contributed by atoms with van der Waals surface area (Å²) in [6.45, 7) is 4.72. The molecule has 2 aromatic carbocycles. The molecule has 214 valence electrons. The van der Waals surface area contributed by atoms with Crippen molar-refractivity contribution in [1.82, 2.24) is 15.2 Å². The first-order valence-corrected chi connectivity index (χ1v) is 13.3. The molecule has 1 saturated heterocycles. The molecule has 3 heterocycles. The number of nitrogen functional groups attached to an aromatic ring is 1. The van der Waals surface area contributed by atoms with E-state index in [2.05, 4.69) is 37.8 Å². The molecule has 2 aliphatic heterocycles. The molecule has 0 spiro atoms. The van der Waals surface area contributed by atoms with Crippen LogP contribution in [-0.2, 0) is 4.74 Å². The van der Waals surface area contributed by atoms with Crippen LogP contribution in [0.2, 0.25) is 0 Å². The number of hydrogen-bond donors (Lipinski definition) is 5. The number of nitrogens with zero attached hydrogens (tertiary/aromatic N) is 3. The number of halogens is 2. The zero-order valence-corrected chi connectivity index (χ0v) is 22.6. The number of carbonyl (C=O) groups excluding carboxylic acids is 1. The predicted octanol–water partition coefficient (Wildman–Crippen LogP) is 3.91. The molecule has 0 atom stereocenters. The summed E-state index contributed by atoms with van der Waals surface area (Å²) in [6, 6.07) is 10.1. The van der Waals surface area contributed by atoms with E-state index in [1.54, 1.807) is 6.07 Å². The highest BCUT2D eigenvalue weighted by Gasteiger charge is 2.21. The fourth-order valence-corrected chi connectivity index (χ4v) is 4.69. The second kappa shape index (κ2) is 12.3. The van der Waals surface area contributed by atoms with Crippen LogP contribution in [0.3, 0.4) is 0 Å². The van der Waals surface area contributed by atoms with Crippen molar-refractivity contribution in [3.63, 3.8) is 0 Å². The van der Waals surface area contributed by atoms with E-state index < -0.39 is 17.5 Å². The van der Waals surface area contributed by atoms with Crippen molar-refractivity contribution in [1.29, 1.82) is 5.41 Å². The van der Waals surface area contributed by atoms with Gasteiger partial charge in [-0.1, -0.05) is 0 Å². The van der Waals surface area contributed by atoms with Crippen molar-refractivity contribution in [2.45, 2.75) is 6.42 Å². The second-order valence-corrected chi connectivity index (χ2v) is 9.97.